The number of amides is 2. The zero-order valence-electron chi connectivity index (χ0n) is 17.4. The number of carbonyl (C=O) groups excluding carboxylic acids is 2. The first-order valence-electron chi connectivity index (χ1n) is 9.52. The first-order chi connectivity index (χ1) is 15.8. The van der Waals surface area contributed by atoms with Gasteiger partial charge in [0.25, 0.3) is 21.8 Å². The number of rotatable bonds is 8. The molecule has 0 aliphatic rings. The third-order valence-corrected chi connectivity index (χ3v) is 5.63. The first kappa shape index (κ1) is 23.5. The van der Waals surface area contributed by atoms with Crippen LogP contribution in [0.25, 0.3) is 0 Å². The normalized spacial score (nSPS) is 10.7. The van der Waals surface area contributed by atoms with E-state index in [2.05, 4.69) is 15.6 Å². The molecule has 0 radical (unpaired) electrons. The number of anilines is 1. The van der Waals surface area contributed by atoms with Crippen molar-refractivity contribution in [2.75, 3.05) is 18.4 Å². The third-order valence-electron chi connectivity index (χ3n) is 4.27. The average Bonchev–Trinajstić information content (AvgIpc) is 2.82. The van der Waals surface area contributed by atoms with Gasteiger partial charge >= 0.3 is 0 Å². The molecule has 0 atom stereocenters. The van der Waals surface area contributed by atoms with Gasteiger partial charge in [-0.3, -0.25) is 25.2 Å². The molecule has 0 aliphatic carbocycles. The van der Waals surface area contributed by atoms with Crippen molar-refractivity contribution in [1.82, 2.24) is 10.9 Å². The predicted octanol–water partition coefficient (Wildman–Crippen LogP) is 2.48. The summed E-state index contributed by atoms with van der Waals surface area (Å²) in [6.07, 6.45) is 0. The molecule has 0 saturated carbocycles. The lowest BCUT2D eigenvalue weighted by Gasteiger charge is -2.12. The number of benzene rings is 3. The van der Waals surface area contributed by atoms with Crippen LogP contribution in [-0.4, -0.2) is 33.9 Å². The number of hydrogen-bond acceptors (Lipinski definition) is 6. The van der Waals surface area contributed by atoms with Gasteiger partial charge in [-0.25, -0.2) is 12.8 Å². The second kappa shape index (κ2) is 10.5. The molecule has 3 aromatic carbocycles. The van der Waals surface area contributed by atoms with Crippen LogP contribution in [0.2, 0.25) is 0 Å². The number of ether oxygens (including phenoxy) is 2. The Bertz CT molecular complexity index is 1270. The highest BCUT2D eigenvalue weighted by Gasteiger charge is 2.18. The lowest BCUT2D eigenvalue weighted by Crippen LogP contribution is -2.43. The molecule has 0 bridgehead atoms. The Hall–Kier alpha value is -4.12. The summed E-state index contributed by atoms with van der Waals surface area (Å²) >= 11 is 0. The largest absolute Gasteiger partial charge is 0.495 e. The van der Waals surface area contributed by atoms with E-state index in [1.807, 2.05) is 0 Å². The highest BCUT2D eigenvalue weighted by molar-refractivity contribution is 7.92. The Balaban J connectivity index is 1.62. The molecule has 3 N–H and O–H groups in total. The average molecular weight is 473 g/mol. The maximum atomic E-state index is 13.5. The van der Waals surface area contributed by atoms with Crippen LogP contribution in [0.15, 0.2) is 77.7 Å². The molecule has 2 amide bonds. The van der Waals surface area contributed by atoms with Gasteiger partial charge in [-0.1, -0.05) is 30.3 Å². The summed E-state index contributed by atoms with van der Waals surface area (Å²) in [6, 6.07) is 17.2. The first-order valence-corrected chi connectivity index (χ1v) is 11.0. The van der Waals surface area contributed by atoms with Crippen LogP contribution in [0.1, 0.15) is 10.4 Å². The number of hydrazine groups is 1. The van der Waals surface area contributed by atoms with E-state index >= 15 is 0 Å². The van der Waals surface area contributed by atoms with Crippen LogP contribution >= 0.6 is 0 Å². The Morgan fingerprint density at radius 3 is 2.33 bits per heavy atom. The van der Waals surface area contributed by atoms with E-state index in [0.717, 1.165) is 6.07 Å². The molecule has 0 aromatic heterocycles. The van der Waals surface area contributed by atoms with Gasteiger partial charge in [0.2, 0.25) is 0 Å². The fraction of sp³-hybridized carbons (Fsp3) is 0.0909. The van der Waals surface area contributed by atoms with Crippen LogP contribution < -0.4 is 25.0 Å². The van der Waals surface area contributed by atoms with Crippen molar-refractivity contribution in [2.24, 2.45) is 0 Å². The van der Waals surface area contributed by atoms with Gasteiger partial charge in [0.1, 0.15) is 5.75 Å². The zero-order valence-corrected chi connectivity index (χ0v) is 18.2. The van der Waals surface area contributed by atoms with Crippen molar-refractivity contribution < 1.29 is 31.9 Å². The molecule has 0 saturated heterocycles. The molecule has 0 unspecified atom stereocenters. The monoisotopic (exact) mass is 473 g/mol. The van der Waals surface area contributed by atoms with Crippen molar-refractivity contribution in [1.29, 1.82) is 0 Å². The highest BCUT2D eigenvalue weighted by Crippen LogP contribution is 2.26. The molecule has 3 aromatic rings. The summed E-state index contributed by atoms with van der Waals surface area (Å²) in [7, 11) is -2.62. The SMILES string of the molecule is COc1ccccc1NS(=O)(=O)c1cccc(C(=O)NNC(=O)COc2ccccc2F)c1. The van der Waals surface area contributed by atoms with Crippen molar-refractivity contribution in [3.05, 3.63) is 84.2 Å². The van der Waals surface area contributed by atoms with Crippen LogP contribution in [0.5, 0.6) is 11.5 Å². The summed E-state index contributed by atoms with van der Waals surface area (Å²) in [5.74, 6) is -1.92. The Morgan fingerprint density at radius 1 is 0.909 bits per heavy atom. The lowest BCUT2D eigenvalue weighted by molar-refractivity contribution is -0.123. The number of hydrogen-bond donors (Lipinski definition) is 3. The van der Waals surface area contributed by atoms with Crippen molar-refractivity contribution in [3.63, 3.8) is 0 Å². The number of carbonyl (C=O) groups is 2. The molecule has 9 nitrogen and oxygen atoms in total. The fourth-order valence-electron chi connectivity index (χ4n) is 2.68. The molecule has 11 heteroatoms. The number of halogens is 1. The minimum absolute atomic E-state index is 0.0202. The minimum Gasteiger partial charge on any atom is -0.495 e. The Kier molecular flexibility index (Phi) is 7.46. The van der Waals surface area contributed by atoms with Gasteiger partial charge in [0.15, 0.2) is 18.2 Å². The summed E-state index contributed by atoms with van der Waals surface area (Å²) in [5, 5.41) is 0. The number of para-hydroxylation sites is 3. The molecule has 3 rings (SSSR count). The lowest BCUT2D eigenvalue weighted by atomic mass is 10.2. The maximum Gasteiger partial charge on any atom is 0.276 e. The molecule has 172 valence electrons. The highest BCUT2D eigenvalue weighted by atomic mass is 32.2. The van der Waals surface area contributed by atoms with E-state index in [1.54, 1.807) is 24.3 Å². The van der Waals surface area contributed by atoms with Gasteiger partial charge in [-0.15, -0.1) is 0 Å². The van der Waals surface area contributed by atoms with E-state index in [0.29, 0.717) is 5.75 Å². The van der Waals surface area contributed by atoms with E-state index in [-0.39, 0.29) is 21.9 Å². The second-order valence-electron chi connectivity index (χ2n) is 6.56. The Labute approximate surface area is 189 Å². The van der Waals surface area contributed by atoms with Crippen molar-refractivity contribution in [2.45, 2.75) is 4.90 Å². The number of methoxy groups -OCH3 is 1. The second-order valence-corrected chi connectivity index (χ2v) is 8.24. The minimum atomic E-state index is -4.03. The summed E-state index contributed by atoms with van der Waals surface area (Å²) in [4.78, 5) is 24.0. The quantitative estimate of drug-likeness (QED) is 0.432. The van der Waals surface area contributed by atoms with Gasteiger partial charge < -0.3 is 9.47 Å². The standard InChI is InChI=1S/C22H20FN3O6S/c1-31-20-12-5-3-10-18(20)26-33(29,30)16-8-6-7-15(13-16)22(28)25-24-21(27)14-32-19-11-4-2-9-17(19)23/h2-13,26H,14H2,1H3,(H,24,27)(H,25,28). The molecule has 0 aliphatic heterocycles. The van der Waals surface area contributed by atoms with Crippen LogP contribution in [0, 0.1) is 5.82 Å². The van der Waals surface area contributed by atoms with E-state index < -0.39 is 34.3 Å². The van der Waals surface area contributed by atoms with Gasteiger partial charge in [-0.2, -0.15) is 0 Å². The van der Waals surface area contributed by atoms with E-state index in [9.17, 15) is 22.4 Å². The van der Waals surface area contributed by atoms with E-state index in [1.165, 1.54) is 49.6 Å². The summed E-state index contributed by atoms with van der Waals surface area (Å²) in [6.45, 7) is -0.543. The maximum absolute atomic E-state index is 13.5. The smallest absolute Gasteiger partial charge is 0.276 e. The predicted molar refractivity (Wildman–Crippen MR) is 118 cm³/mol. The third kappa shape index (κ3) is 6.20. The van der Waals surface area contributed by atoms with Crippen LogP contribution in [-0.2, 0) is 14.8 Å². The van der Waals surface area contributed by atoms with Gasteiger partial charge in [0.05, 0.1) is 17.7 Å². The van der Waals surface area contributed by atoms with Gasteiger partial charge in [-0.05, 0) is 42.5 Å². The summed E-state index contributed by atoms with van der Waals surface area (Å²) in [5.41, 5.74) is 4.48. The van der Waals surface area contributed by atoms with Crippen LogP contribution in [0.4, 0.5) is 10.1 Å². The van der Waals surface area contributed by atoms with Crippen LogP contribution in [0.3, 0.4) is 0 Å². The molecule has 0 fully saturated rings. The molecule has 0 heterocycles. The molecular weight excluding hydrogens is 453 g/mol. The molecule has 33 heavy (non-hydrogen) atoms. The zero-order chi connectivity index (χ0) is 23.8. The van der Waals surface area contributed by atoms with Crippen molar-refractivity contribution >= 4 is 27.5 Å². The number of sulfonamides is 1. The topological polar surface area (TPSA) is 123 Å². The fourth-order valence-corrected chi connectivity index (χ4v) is 3.79. The Morgan fingerprint density at radius 2 is 1.61 bits per heavy atom. The summed E-state index contributed by atoms with van der Waals surface area (Å²) < 4.78 is 51.6. The van der Waals surface area contributed by atoms with Crippen molar-refractivity contribution in [3.8, 4) is 11.5 Å². The molecule has 0 spiro atoms. The van der Waals surface area contributed by atoms with E-state index in [4.69, 9.17) is 9.47 Å². The number of nitrogens with one attached hydrogen (secondary N) is 3. The molecular formula is C22H20FN3O6S. The van der Waals surface area contributed by atoms with Gasteiger partial charge in [0, 0.05) is 5.56 Å².